The molecule has 0 fully saturated rings. The van der Waals surface area contributed by atoms with E-state index in [2.05, 4.69) is 5.32 Å². The third kappa shape index (κ3) is 3.84. The molecule has 4 nitrogen and oxygen atoms in total. The lowest BCUT2D eigenvalue weighted by Gasteiger charge is -2.25. The fourth-order valence-electron chi connectivity index (χ4n) is 1.71. The number of nitrogens with one attached hydrogen (secondary N) is 1. The second kappa shape index (κ2) is 6.37. The van der Waals surface area contributed by atoms with Gasteiger partial charge in [-0.05, 0) is 18.9 Å². The van der Waals surface area contributed by atoms with Crippen LogP contribution in [0.25, 0.3) is 0 Å². The lowest BCUT2D eigenvalue weighted by molar-refractivity contribution is -0.139. The molecule has 3 atom stereocenters. The zero-order valence-electron chi connectivity index (χ0n) is 10.1. The van der Waals surface area contributed by atoms with Crippen LogP contribution in [0.5, 0.6) is 0 Å². The molecule has 0 heterocycles. The quantitative estimate of drug-likeness (QED) is 0.702. The highest BCUT2D eigenvalue weighted by atomic mass is 16.4. The summed E-state index contributed by atoms with van der Waals surface area (Å²) in [7, 11) is 0. The highest BCUT2D eigenvalue weighted by Crippen LogP contribution is 2.18. The Kier molecular flexibility index (Phi) is 5.12. The van der Waals surface area contributed by atoms with Gasteiger partial charge in [0.25, 0.3) is 0 Å². The van der Waals surface area contributed by atoms with Gasteiger partial charge in [0.1, 0.15) is 6.04 Å². The zero-order valence-corrected chi connectivity index (χ0v) is 10.1. The highest BCUT2D eigenvalue weighted by molar-refractivity contribution is 5.72. The van der Waals surface area contributed by atoms with E-state index in [-0.39, 0.29) is 6.04 Å². The summed E-state index contributed by atoms with van der Waals surface area (Å²) in [6, 6.07) is 8.32. The van der Waals surface area contributed by atoms with Crippen LogP contribution in [0.3, 0.4) is 0 Å². The summed E-state index contributed by atoms with van der Waals surface area (Å²) in [5.74, 6) is -0.913. The summed E-state index contributed by atoms with van der Waals surface area (Å²) in [6.45, 7) is 3.49. The van der Waals surface area contributed by atoms with Crippen molar-refractivity contribution in [3.63, 3.8) is 0 Å². The van der Waals surface area contributed by atoms with Gasteiger partial charge in [-0.25, -0.2) is 0 Å². The highest BCUT2D eigenvalue weighted by Gasteiger charge is 2.23. The number of carbonyl (C=O) groups is 1. The van der Waals surface area contributed by atoms with Crippen LogP contribution in [-0.2, 0) is 4.79 Å². The predicted octanol–water partition coefficient (Wildman–Crippen LogP) is 1.56. The van der Waals surface area contributed by atoms with Gasteiger partial charge in [0, 0.05) is 6.04 Å². The van der Waals surface area contributed by atoms with Crippen LogP contribution in [0, 0.1) is 0 Å². The minimum atomic E-state index is -0.913. The van der Waals surface area contributed by atoms with Crippen molar-refractivity contribution in [2.45, 2.75) is 38.5 Å². The van der Waals surface area contributed by atoms with Gasteiger partial charge in [0.15, 0.2) is 0 Å². The molecule has 1 aromatic rings. The Balaban J connectivity index is 2.71. The number of carboxylic acids is 1. The Morgan fingerprint density at radius 2 is 1.94 bits per heavy atom. The number of aliphatic hydroxyl groups is 1. The van der Waals surface area contributed by atoms with E-state index in [0.29, 0.717) is 6.42 Å². The van der Waals surface area contributed by atoms with E-state index in [0.717, 1.165) is 5.56 Å². The number of benzene rings is 1. The first-order chi connectivity index (χ1) is 8.06. The van der Waals surface area contributed by atoms with Crippen LogP contribution in [0.4, 0.5) is 0 Å². The smallest absolute Gasteiger partial charge is 0.320 e. The average molecular weight is 237 g/mol. The Labute approximate surface area is 101 Å². The number of carboxylic acid groups (broad SMARTS) is 1. The van der Waals surface area contributed by atoms with E-state index in [4.69, 9.17) is 5.11 Å². The van der Waals surface area contributed by atoms with E-state index in [1.807, 2.05) is 37.3 Å². The molecule has 0 radical (unpaired) electrons. The van der Waals surface area contributed by atoms with Gasteiger partial charge in [0.05, 0.1) is 6.10 Å². The van der Waals surface area contributed by atoms with Crippen molar-refractivity contribution in [2.24, 2.45) is 0 Å². The SMILES string of the molecule is CCC(NC(C)C(=O)O)C(O)c1ccccc1. The lowest BCUT2D eigenvalue weighted by atomic mass is 9.99. The summed E-state index contributed by atoms with van der Waals surface area (Å²) in [5, 5.41) is 21.9. The summed E-state index contributed by atoms with van der Waals surface area (Å²) < 4.78 is 0. The molecule has 0 aliphatic heterocycles. The summed E-state index contributed by atoms with van der Waals surface area (Å²) in [4.78, 5) is 10.8. The molecule has 3 N–H and O–H groups in total. The van der Waals surface area contributed by atoms with Crippen LogP contribution in [0.1, 0.15) is 31.9 Å². The maximum absolute atomic E-state index is 10.8. The van der Waals surface area contributed by atoms with Gasteiger partial charge in [-0.2, -0.15) is 0 Å². The first kappa shape index (κ1) is 13.7. The van der Waals surface area contributed by atoms with Crippen molar-refractivity contribution in [3.8, 4) is 0 Å². The Morgan fingerprint density at radius 1 is 1.35 bits per heavy atom. The van der Waals surface area contributed by atoms with Crippen molar-refractivity contribution < 1.29 is 15.0 Å². The number of hydrogen-bond acceptors (Lipinski definition) is 3. The average Bonchev–Trinajstić information content (AvgIpc) is 2.35. The normalized spacial score (nSPS) is 16.2. The van der Waals surface area contributed by atoms with Crippen LogP contribution < -0.4 is 5.32 Å². The Hall–Kier alpha value is -1.39. The molecular formula is C13H19NO3. The van der Waals surface area contributed by atoms with E-state index in [1.165, 1.54) is 0 Å². The predicted molar refractivity (Wildman–Crippen MR) is 65.7 cm³/mol. The number of aliphatic hydroxyl groups excluding tert-OH is 1. The standard InChI is InChI=1S/C13H19NO3/c1-3-11(14-9(2)13(16)17)12(15)10-7-5-4-6-8-10/h4-9,11-12,14-15H,3H2,1-2H3,(H,16,17). The van der Waals surface area contributed by atoms with Crippen molar-refractivity contribution in [2.75, 3.05) is 0 Å². The lowest BCUT2D eigenvalue weighted by Crippen LogP contribution is -2.44. The largest absolute Gasteiger partial charge is 0.480 e. The van der Waals surface area contributed by atoms with Gasteiger partial charge < -0.3 is 10.2 Å². The fourth-order valence-corrected chi connectivity index (χ4v) is 1.71. The van der Waals surface area contributed by atoms with Crippen LogP contribution >= 0.6 is 0 Å². The monoisotopic (exact) mass is 237 g/mol. The first-order valence-corrected chi connectivity index (χ1v) is 5.78. The van der Waals surface area contributed by atoms with Crippen LogP contribution in [0.2, 0.25) is 0 Å². The number of hydrogen-bond donors (Lipinski definition) is 3. The molecule has 0 amide bonds. The maximum atomic E-state index is 10.8. The minimum Gasteiger partial charge on any atom is -0.480 e. The topological polar surface area (TPSA) is 69.6 Å². The van der Waals surface area contributed by atoms with Crippen molar-refractivity contribution in [3.05, 3.63) is 35.9 Å². The molecule has 0 saturated heterocycles. The first-order valence-electron chi connectivity index (χ1n) is 5.78. The molecular weight excluding hydrogens is 218 g/mol. The van der Waals surface area contributed by atoms with Gasteiger partial charge in [-0.1, -0.05) is 37.3 Å². The van der Waals surface area contributed by atoms with Crippen molar-refractivity contribution in [1.82, 2.24) is 5.32 Å². The van der Waals surface area contributed by atoms with Gasteiger partial charge in [0.2, 0.25) is 0 Å². The van der Waals surface area contributed by atoms with Crippen molar-refractivity contribution >= 4 is 5.97 Å². The van der Waals surface area contributed by atoms with E-state index >= 15 is 0 Å². The Bertz CT molecular complexity index is 353. The van der Waals surface area contributed by atoms with E-state index in [9.17, 15) is 9.90 Å². The summed E-state index contributed by atoms with van der Waals surface area (Å²) >= 11 is 0. The molecule has 4 heteroatoms. The third-order valence-electron chi connectivity index (χ3n) is 2.80. The molecule has 0 saturated carbocycles. The number of aliphatic carboxylic acids is 1. The zero-order chi connectivity index (χ0) is 12.8. The van der Waals surface area contributed by atoms with E-state index < -0.39 is 18.1 Å². The molecule has 17 heavy (non-hydrogen) atoms. The molecule has 0 aromatic heterocycles. The molecule has 1 rings (SSSR count). The van der Waals surface area contributed by atoms with Gasteiger partial charge in [-0.3, -0.25) is 10.1 Å². The minimum absolute atomic E-state index is 0.261. The second-order valence-corrected chi connectivity index (χ2v) is 4.10. The van der Waals surface area contributed by atoms with Gasteiger partial charge in [-0.15, -0.1) is 0 Å². The molecule has 94 valence electrons. The maximum Gasteiger partial charge on any atom is 0.320 e. The fraction of sp³-hybridized carbons (Fsp3) is 0.462. The molecule has 0 aliphatic carbocycles. The summed E-state index contributed by atoms with van der Waals surface area (Å²) in [6.07, 6.45) is -0.0313. The second-order valence-electron chi connectivity index (χ2n) is 4.10. The van der Waals surface area contributed by atoms with Gasteiger partial charge >= 0.3 is 5.97 Å². The van der Waals surface area contributed by atoms with Crippen LogP contribution in [-0.4, -0.2) is 28.3 Å². The molecule has 0 bridgehead atoms. The molecule has 0 spiro atoms. The van der Waals surface area contributed by atoms with Crippen molar-refractivity contribution in [1.29, 1.82) is 0 Å². The molecule has 3 unspecified atom stereocenters. The Morgan fingerprint density at radius 3 is 2.41 bits per heavy atom. The molecule has 0 aliphatic rings. The van der Waals surface area contributed by atoms with Crippen LogP contribution in [0.15, 0.2) is 30.3 Å². The third-order valence-corrected chi connectivity index (χ3v) is 2.80. The summed E-state index contributed by atoms with van der Waals surface area (Å²) in [5.41, 5.74) is 0.796. The van der Waals surface area contributed by atoms with E-state index in [1.54, 1.807) is 6.92 Å². The molecule has 1 aromatic carbocycles. The number of rotatable bonds is 6.